The Bertz CT molecular complexity index is 383. The quantitative estimate of drug-likeness (QED) is 0.871. The van der Waals surface area contributed by atoms with Crippen LogP contribution in [0.4, 0.5) is 0 Å². The predicted octanol–water partition coefficient (Wildman–Crippen LogP) is 2.89. The van der Waals surface area contributed by atoms with Gasteiger partial charge in [-0.25, -0.2) is 0 Å². The van der Waals surface area contributed by atoms with Gasteiger partial charge in [-0.1, -0.05) is 13.0 Å². The topological polar surface area (TPSA) is 41.1 Å². The van der Waals surface area contributed by atoms with E-state index in [1.54, 1.807) is 6.92 Å². The number of rotatable bonds is 5. The zero-order valence-corrected chi connectivity index (χ0v) is 12.6. The van der Waals surface area contributed by atoms with Gasteiger partial charge in [0, 0.05) is 36.3 Å². The third-order valence-corrected chi connectivity index (χ3v) is 4.98. The highest BCUT2D eigenvalue weighted by atomic mass is 32.1. The Morgan fingerprint density at radius 3 is 2.63 bits per heavy atom. The summed E-state index contributed by atoms with van der Waals surface area (Å²) in [5, 5.41) is 8.85. The van der Waals surface area contributed by atoms with E-state index >= 15 is 0 Å². The maximum absolute atomic E-state index is 11.0. The van der Waals surface area contributed by atoms with Gasteiger partial charge in [-0.2, -0.15) is 0 Å². The summed E-state index contributed by atoms with van der Waals surface area (Å²) in [6.45, 7) is 4.94. The van der Waals surface area contributed by atoms with E-state index in [9.17, 15) is 4.79 Å². The van der Waals surface area contributed by atoms with E-state index in [-0.39, 0.29) is 5.91 Å². The maximum atomic E-state index is 11.0. The normalized spacial score (nSPS) is 24.9. The van der Waals surface area contributed by atoms with Gasteiger partial charge in [0.05, 0.1) is 0 Å². The van der Waals surface area contributed by atoms with Crippen LogP contribution in [0.3, 0.4) is 0 Å². The Hall–Kier alpha value is -0.870. The minimum Gasteiger partial charge on any atom is -0.354 e. The minimum absolute atomic E-state index is 0.0997. The zero-order valence-electron chi connectivity index (χ0n) is 11.8. The van der Waals surface area contributed by atoms with E-state index in [1.165, 1.54) is 17.7 Å². The van der Waals surface area contributed by atoms with E-state index in [1.807, 2.05) is 11.3 Å². The maximum Gasteiger partial charge on any atom is 0.217 e. The molecule has 1 atom stereocenters. The fraction of sp³-hybridized carbons (Fsp3) is 0.667. The molecule has 3 nitrogen and oxygen atoms in total. The molecule has 1 fully saturated rings. The summed E-state index contributed by atoms with van der Waals surface area (Å²) in [7, 11) is 0. The number of amides is 1. The summed E-state index contributed by atoms with van der Waals surface area (Å²) in [5.74, 6) is 0.691. The molecule has 1 heterocycles. The first-order chi connectivity index (χ1) is 9.15. The number of nitrogens with one attached hydrogen (secondary N) is 2. The fourth-order valence-corrected chi connectivity index (χ4v) is 3.53. The lowest BCUT2D eigenvalue weighted by Crippen LogP contribution is -2.42. The lowest BCUT2D eigenvalue weighted by molar-refractivity contribution is -0.119. The van der Waals surface area contributed by atoms with Crippen molar-refractivity contribution in [3.63, 3.8) is 0 Å². The Morgan fingerprint density at radius 2 is 2.05 bits per heavy atom. The van der Waals surface area contributed by atoms with Crippen molar-refractivity contribution in [1.29, 1.82) is 0 Å². The minimum atomic E-state index is 0.0997. The lowest BCUT2D eigenvalue weighted by Gasteiger charge is -2.30. The van der Waals surface area contributed by atoms with Gasteiger partial charge >= 0.3 is 0 Å². The summed E-state index contributed by atoms with van der Waals surface area (Å²) in [4.78, 5) is 12.5. The Labute approximate surface area is 119 Å². The molecule has 1 amide bonds. The van der Waals surface area contributed by atoms with Crippen molar-refractivity contribution in [2.75, 3.05) is 6.54 Å². The fourth-order valence-electron chi connectivity index (χ4n) is 2.75. The van der Waals surface area contributed by atoms with E-state index in [2.05, 4.69) is 35.1 Å². The van der Waals surface area contributed by atoms with Gasteiger partial charge in [-0.15, -0.1) is 11.3 Å². The monoisotopic (exact) mass is 280 g/mol. The highest BCUT2D eigenvalue weighted by Gasteiger charge is 2.21. The molecule has 0 unspecified atom stereocenters. The molecular formula is C15H24N2OS. The summed E-state index contributed by atoms with van der Waals surface area (Å²) in [6, 6.07) is 5.34. The van der Waals surface area contributed by atoms with Crippen molar-refractivity contribution in [3.8, 4) is 0 Å². The standard InChI is InChI=1S/C15H24N2OS/c1-11(15-4-3-9-19-15)10-16-13-5-7-14(8-6-13)17-12(2)18/h3-4,9,11,13-14,16H,5-8,10H2,1-2H3,(H,17,18)/t11-,13?,14?/m0/s1. The number of thiophene rings is 1. The third-order valence-electron chi connectivity index (χ3n) is 3.88. The van der Waals surface area contributed by atoms with Crippen molar-refractivity contribution < 1.29 is 4.79 Å². The van der Waals surface area contributed by atoms with E-state index in [0.29, 0.717) is 18.0 Å². The average molecular weight is 280 g/mol. The highest BCUT2D eigenvalue weighted by Crippen LogP contribution is 2.22. The van der Waals surface area contributed by atoms with Crippen molar-refractivity contribution in [2.24, 2.45) is 0 Å². The van der Waals surface area contributed by atoms with E-state index in [4.69, 9.17) is 0 Å². The first-order valence-corrected chi connectivity index (χ1v) is 8.07. The molecule has 2 rings (SSSR count). The van der Waals surface area contributed by atoms with Crippen LogP contribution in [0.15, 0.2) is 17.5 Å². The molecule has 2 N–H and O–H groups in total. The van der Waals surface area contributed by atoms with Crippen molar-refractivity contribution >= 4 is 17.2 Å². The van der Waals surface area contributed by atoms with Crippen molar-refractivity contribution in [3.05, 3.63) is 22.4 Å². The van der Waals surface area contributed by atoms with Crippen LogP contribution in [0.1, 0.15) is 50.3 Å². The first-order valence-electron chi connectivity index (χ1n) is 7.19. The number of hydrogen-bond acceptors (Lipinski definition) is 3. The van der Waals surface area contributed by atoms with Gasteiger partial charge in [0.2, 0.25) is 5.91 Å². The van der Waals surface area contributed by atoms with Crippen LogP contribution in [0.2, 0.25) is 0 Å². The third kappa shape index (κ3) is 4.62. The SMILES string of the molecule is CC(=O)NC1CCC(NC[C@H](C)c2cccs2)CC1. The van der Waals surface area contributed by atoms with Crippen molar-refractivity contribution in [1.82, 2.24) is 10.6 Å². The Kier molecular flexibility index (Phi) is 5.40. The summed E-state index contributed by atoms with van der Waals surface area (Å²) in [6.07, 6.45) is 4.54. The molecular weight excluding hydrogens is 256 g/mol. The number of hydrogen-bond donors (Lipinski definition) is 2. The number of carbonyl (C=O) groups is 1. The molecule has 0 spiro atoms. The number of carbonyl (C=O) groups excluding carboxylic acids is 1. The molecule has 1 aliphatic rings. The van der Waals surface area contributed by atoms with Gasteiger partial charge < -0.3 is 10.6 Å². The molecule has 1 aromatic rings. The van der Waals surface area contributed by atoms with Crippen LogP contribution in [0.25, 0.3) is 0 Å². The summed E-state index contributed by atoms with van der Waals surface area (Å²) >= 11 is 1.84. The largest absolute Gasteiger partial charge is 0.354 e. The molecule has 0 aliphatic heterocycles. The van der Waals surface area contributed by atoms with Gasteiger partial charge in [-0.05, 0) is 37.1 Å². The molecule has 0 saturated heterocycles. The molecule has 0 aromatic carbocycles. The molecule has 0 bridgehead atoms. The smallest absolute Gasteiger partial charge is 0.217 e. The summed E-state index contributed by atoms with van der Waals surface area (Å²) in [5.41, 5.74) is 0. The van der Waals surface area contributed by atoms with Crippen LogP contribution < -0.4 is 10.6 Å². The second kappa shape index (κ2) is 7.06. The first kappa shape index (κ1) is 14.5. The molecule has 0 radical (unpaired) electrons. The molecule has 19 heavy (non-hydrogen) atoms. The van der Waals surface area contributed by atoms with Gasteiger partial charge in [0.1, 0.15) is 0 Å². The van der Waals surface area contributed by atoms with Gasteiger partial charge in [0.15, 0.2) is 0 Å². The Morgan fingerprint density at radius 1 is 1.37 bits per heavy atom. The summed E-state index contributed by atoms with van der Waals surface area (Å²) < 4.78 is 0. The van der Waals surface area contributed by atoms with E-state index in [0.717, 1.165) is 19.4 Å². The molecule has 1 saturated carbocycles. The second-order valence-electron chi connectivity index (χ2n) is 5.57. The molecule has 1 aromatic heterocycles. The molecule has 4 heteroatoms. The van der Waals surface area contributed by atoms with Crippen LogP contribution in [-0.4, -0.2) is 24.5 Å². The van der Waals surface area contributed by atoms with Gasteiger partial charge in [-0.3, -0.25) is 4.79 Å². The van der Waals surface area contributed by atoms with Crippen LogP contribution in [0, 0.1) is 0 Å². The van der Waals surface area contributed by atoms with Crippen LogP contribution >= 0.6 is 11.3 Å². The average Bonchev–Trinajstić information content (AvgIpc) is 2.91. The zero-order chi connectivity index (χ0) is 13.7. The van der Waals surface area contributed by atoms with Crippen LogP contribution in [-0.2, 0) is 4.79 Å². The lowest BCUT2D eigenvalue weighted by atomic mass is 9.91. The van der Waals surface area contributed by atoms with Gasteiger partial charge in [0.25, 0.3) is 0 Å². The Balaban J connectivity index is 1.67. The second-order valence-corrected chi connectivity index (χ2v) is 6.55. The van der Waals surface area contributed by atoms with Crippen molar-refractivity contribution in [2.45, 2.75) is 57.5 Å². The predicted molar refractivity (Wildman–Crippen MR) is 80.6 cm³/mol. The highest BCUT2D eigenvalue weighted by molar-refractivity contribution is 7.10. The van der Waals surface area contributed by atoms with E-state index < -0.39 is 0 Å². The van der Waals surface area contributed by atoms with Crippen LogP contribution in [0.5, 0.6) is 0 Å². The molecule has 1 aliphatic carbocycles. The molecule has 106 valence electrons.